The van der Waals surface area contributed by atoms with E-state index in [1.165, 1.54) is 17.8 Å². The van der Waals surface area contributed by atoms with Crippen molar-refractivity contribution in [2.45, 2.75) is 42.9 Å². The van der Waals surface area contributed by atoms with Crippen LogP contribution in [0.3, 0.4) is 0 Å². The van der Waals surface area contributed by atoms with Crippen LogP contribution in [0.25, 0.3) is 0 Å². The zero-order valence-electron chi connectivity index (χ0n) is 18.9. The highest BCUT2D eigenvalue weighted by Crippen LogP contribution is 2.47. The molecule has 2 aromatic carbocycles. The lowest BCUT2D eigenvalue weighted by molar-refractivity contribution is -0.134. The SMILES string of the molecule is CCCC1(CC)CN(c2ccccc2)c2cc(SC)c(OC=C(F)C(=O)O)cc2S(=O)(=O)C1. The number of nitrogens with zero attached hydrogens (tertiary/aromatic N) is 1. The Morgan fingerprint density at radius 3 is 2.55 bits per heavy atom. The Hall–Kier alpha value is -2.52. The molecule has 0 aliphatic carbocycles. The number of carbonyl (C=O) groups is 1. The molecule has 0 aromatic heterocycles. The van der Waals surface area contributed by atoms with Crippen molar-refractivity contribution >= 4 is 38.9 Å². The maximum Gasteiger partial charge on any atom is 0.368 e. The number of carboxylic acids is 1. The van der Waals surface area contributed by atoms with Crippen molar-refractivity contribution in [1.29, 1.82) is 0 Å². The van der Waals surface area contributed by atoms with Crippen LogP contribution in [0, 0.1) is 5.41 Å². The summed E-state index contributed by atoms with van der Waals surface area (Å²) in [6.45, 7) is 4.61. The fourth-order valence-corrected chi connectivity index (χ4v) is 6.98. The third kappa shape index (κ3) is 5.35. The largest absolute Gasteiger partial charge is 0.476 e. The van der Waals surface area contributed by atoms with E-state index in [1.54, 1.807) is 12.3 Å². The Morgan fingerprint density at radius 2 is 1.97 bits per heavy atom. The molecule has 0 amide bonds. The number of fused-ring (bicyclic) bond motifs is 1. The molecule has 0 bridgehead atoms. The van der Waals surface area contributed by atoms with Crippen molar-refractivity contribution in [1.82, 2.24) is 0 Å². The number of carboxylic acid groups (broad SMARTS) is 1. The number of para-hydroxylation sites is 1. The number of ether oxygens (including phenoxy) is 1. The Balaban J connectivity index is 2.25. The van der Waals surface area contributed by atoms with E-state index >= 15 is 0 Å². The average Bonchev–Trinajstić information content (AvgIpc) is 2.89. The third-order valence-electron chi connectivity index (χ3n) is 5.95. The molecule has 9 heteroatoms. The Kier molecular flexibility index (Phi) is 7.74. The van der Waals surface area contributed by atoms with Gasteiger partial charge in [0.1, 0.15) is 12.0 Å². The normalized spacial score (nSPS) is 20.1. The first-order valence-electron chi connectivity index (χ1n) is 10.7. The molecule has 178 valence electrons. The van der Waals surface area contributed by atoms with Crippen LogP contribution < -0.4 is 9.64 Å². The van der Waals surface area contributed by atoms with Crippen LogP contribution in [0.1, 0.15) is 33.1 Å². The predicted molar refractivity (Wildman–Crippen MR) is 129 cm³/mol. The van der Waals surface area contributed by atoms with E-state index in [-0.39, 0.29) is 16.4 Å². The van der Waals surface area contributed by atoms with Crippen LogP contribution in [-0.4, -0.2) is 38.0 Å². The van der Waals surface area contributed by atoms with Crippen LogP contribution in [0.2, 0.25) is 0 Å². The quantitative estimate of drug-likeness (QED) is 0.282. The smallest absolute Gasteiger partial charge is 0.368 e. The number of hydrogen-bond donors (Lipinski definition) is 1. The second-order valence-electron chi connectivity index (χ2n) is 8.14. The van der Waals surface area contributed by atoms with Gasteiger partial charge in [0.2, 0.25) is 5.83 Å². The highest BCUT2D eigenvalue weighted by Gasteiger charge is 2.41. The second-order valence-corrected chi connectivity index (χ2v) is 10.9. The van der Waals surface area contributed by atoms with Gasteiger partial charge in [0, 0.05) is 23.7 Å². The van der Waals surface area contributed by atoms with E-state index in [9.17, 15) is 17.6 Å². The summed E-state index contributed by atoms with van der Waals surface area (Å²) in [7, 11) is -3.73. The van der Waals surface area contributed by atoms with E-state index in [0.717, 1.165) is 18.5 Å². The zero-order valence-corrected chi connectivity index (χ0v) is 20.5. The van der Waals surface area contributed by atoms with Crippen LogP contribution in [0.4, 0.5) is 15.8 Å². The molecule has 33 heavy (non-hydrogen) atoms. The molecule has 2 aromatic rings. The molecule has 6 nitrogen and oxygen atoms in total. The number of hydrogen-bond acceptors (Lipinski definition) is 6. The molecule has 1 aliphatic rings. The molecule has 0 saturated carbocycles. The van der Waals surface area contributed by atoms with Crippen molar-refractivity contribution < 1.29 is 27.4 Å². The van der Waals surface area contributed by atoms with Gasteiger partial charge in [-0.1, -0.05) is 38.5 Å². The molecular formula is C24H28FNO5S2. The molecule has 0 saturated heterocycles. The van der Waals surface area contributed by atoms with Gasteiger partial charge in [0.15, 0.2) is 9.84 Å². The Labute approximate surface area is 198 Å². The van der Waals surface area contributed by atoms with Gasteiger partial charge in [-0.25, -0.2) is 13.2 Å². The second kappa shape index (κ2) is 10.2. The van der Waals surface area contributed by atoms with E-state index in [1.807, 2.05) is 42.2 Å². The monoisotopic (exact) mass is 493 g/mol. The molecular weight excluding hydrogens is 465 g/mol. The molecule has 1 atom stereocenters. The van der Waals surface area contributed by atoms with E-state index in [4.69, 9.17) is 9.84 Å². The molecule has 1 aliphatic heterocycles. The fraction of sp³-hybridized carbons (Fsp3) is 0.375. The van der Waals surface area contributed by atoms with E-state index in [2.05, 4.69) is 6.92 Å². The van der Waals surface area contributed by atoms with Crippen LogP contribution in [0.5, 0.6) is 5.75 Å². The van der Waals surface area contributed by atoms with Gasteiger partial charge < -0.3 is 14.7 Å². The first kappa shape index (κ1) is 25.1. The van der Waals surface area contributed by atoms with Crippen molar-refractivity contribution in [3.8, 4) is 5.75 Å². The van der Waals surface area contributed by atoms with Crippen LogP contribution in [-0.2, 0) is 14.6 Å². The highest BCUT2D eigenvalue weighted by atomic mass is 32.2. The fourth-order valence-electron chi connectivity index (χ4n) is 4.27. The summed E-state index contributed by atoms with van der Waals surface area (Å²) in [6.07, 6.45) is 4.58. The summed E-state index contributed by atoms with van der Waals surface area (Å²) < 4.78 is 46.1. The summed E-state index contributed by atoms with van der Waals surface area (Å²) in [5, 5.41) is 8.76. The summed E-state index contributed by atoms with van der Waals surface area (Å²) in [4.78, 5) is 13.5. The van der Waals surface area contributed by atoms with Crippen LogP contribution >= 0.6 is 11.8 Å². The minimum Gasteiger partial charge on any atom is -0.476 e. The first-order valence-corrected chi connectivity index (χ1v) is 13.6. The Bertz CT molecular complexity index is 1150. The van der Waals surface area contributed by atoms with Crippen molar-refractivity contribution in [2.75, 3.05) is 23.5 Å². The molecule has 0 spiro atoms. The number of benzene rings is 2. The minimum atomic E-state index is -3.73. The summed E-state index contributed by atoms with van der Waals surface area (Å²) in [5.74, 6) is -3.16. The minimum absolute atomic E-state index is 0.0158. The molecule has 1 unspecified atom stereocenters. The highest BCUT2D eigenvalue weighted by molar-refractivity contribution is 7.98. The van der Waals surface area contributed by atoms with Gasteiger partial charge in [-0.05, 0) is 37.3 Å². The lowest BCUT2D eigenvalue weighted by atomic mass is 9.82. The summed E-state index contributed by atoms with van der Waals surface area (Å²) in [5.41, 5.74) is 0.965. The number of thioether (sulfide) groups is 1. The number of rotatable bonds is 8. The molecule has 1 N–H and O–H groups in total. The van der Waals surface area contributed by atoms with Gasteiger partial charge in [-0.2, -0.15) is 4.39 Å². The first-order chi connectivity index (χ1) is 15.7. The number of sulfone groups is 1. The summed E-state index contributed by atoms with van der Waals surface area (Å²) in [6, 6.07) is 12.7. The third-order valence-corrected chi connectivity index (χ3v) is 8.70. The number of aliphatic carboxylic acids is 1. The van der Waals surface area contributed by atoms with Crippen molar-refractivity contribution in [3.63, 3.8) is 0 Å². The average molecular weight is 494 g/mol. The topological polar surface area (TPSA) is 83.9 Å². The maximum atomic E-state index is 13.6. The van der Waals surface area contributed by atoms with Gasteiger partial charge in [-0.15, -0.1) is 11.8 Å². The predicted octanol–water partition coefficient (Wildman–Crippen LogP) is 5.80. The van der Waals surface area contributed by atoms with Crippen LogP contribution in [0.15, 0.2) is 64.3 Å². The number of anilines is 2. The zero-order chi connectivity index (χ0) is 24.2. The van der Waals surface area contributed by atoms with Gasteiger partial charge >= 0.3 is 5.97 Å². The van der Waals surface area contributed by atoms with E-state index in [0.29, 0.717) is 29.8 Å². The van der Waals surface area contributed by atoms with Crippen molar-refractivity contribution in [3.05, 3.63) is 54.6 Å². The Morgan fingerprint density at radius 1 is 1.27 bits per heavy atom. The van der Waals surface area contributed by atoms with Gasteiger partial charge in [0.05, 0.1) is 21.2 Å². The lowest BCUT2D eigenvalue weighted by Gasteiger charge is -2.36. The standard InChI is InChI=1S/C24H28FNO5S2/c1-4-11-24(5-2)15-26(17-9-7-6-8-10-17)19-12-21(32-3)20(31-14-18(25)23(27)28)13-22(19)33(29,30)16-24/h6-10,12-14H,4-5,11,15-16H2,1-3H3,(H,27,28). The van der Waals surface area contributed by atoms with E-state index < -0.39 is 27.0 Å². The lowest BCUT2D eigenvalue weighted by Crippen LogP contribution is -2.37. The van der Waals surface area contributed by atoms with Crippen molar-refractivity contribution in [2.24, 2.45) is 5.41 Å². The van der Waals surface area contributed by atoms with Gasteiger partial charge in [-0.3, -0.25) is 0 Å². The maximum absolute atomic E-state index is 13.6. The summed E-state index contributed by atoms with van der Waals surface area (Å²) >= 11 is 1.30. The molecule has 0 radical (unpaired) electrons. The molecule has 1 heterocycles. The number of halogens is 1. The van der Waals surface area contributed by atoms with Gasteiger partial charge in [0.25, 0.3) is 0 Å². The molecule has 3 rings (SSSR count). The molecule has 0 fully saturated rings.